The second-order valence-electron chi connectivity index (χ2n) is 6.94. The van der Waals surface area contributed by atoms with Crippen molar-refractivity contribution in [1.29, 1.82) is 0 Å². The Labute approximate surface area is 196 Å². The molecule has 0 spiro atoms. The minimum absolute atomic E-state index is 0.122. The van der Waals surface area contributed by atoms with Crippen LogP contribution in [0, 0.1) is 0 Å². The quantitative estimate of drug-likeness (QED) is 0.200. The van der Waals surface area contributed by atoms with E-state index < -0.39 is 5.97 Å². The number of para-hydroxylation sites is 1. The molecule has 1 unspecified atom stereocenters. The summed E-state index contributed by atoms with van der Waals surface area (Å²) < 4.78 is 15.8. The van der Waals surface area contributed by atoms with E-state index in [-0.39, 0.29) is 29.2 Å². The van der Waals surface area contributed by atoms with E-state index in [4.69, 9.17) is 14.2 Å². The predicted octanol–water partition coefficient (Wildman–Crippen LogP) is 4.95. The van der Waals surface area contributed by atoms with E-state index >= 15 is 0 Å². The largest absolute Gasteiger partial charge is 0.493 e. The molecule has 0 radical (unpaired) electrons. The zero-order valence-corrected chi connectivity index (χ0v) is 19.6. The Hall–Kier alpha value is -3.85. The number of benzene rings is 2. The van der Waals surface area contributed by atoms with E-state index in [1.807, 2.05) is 48.7 Å². The number of anilines is 1. The highest BCUT2D eigenvalue weighted by Crippen LogP contribution is 2.39. The SMILES string of the molecule is COc1cc(C(=O)NC(C)c2ccccc2N/C=N/c2cccs2)cc(OC)c1OC(C)=O. The third-order valence-electron chi connectivity index (χ3n) is 4.66. The Morgan fingerprint density at radius 2 is 1.76 bits per heavy atom. The van der Waals surface area contributed by atoms with Crippen LogP contribution in [0.15, 0.2) is 58.9 Å². The molecule has 9 heteroatoms. The number of carbonyl (C=O) groups is 2. The summed E-state index contributed by atoms with van der Waals surface area (Å²) in [7, 11) is 2.84. The topological polar surface area (TPSA) is 98.2 Å². The van der Waals surface area contributed by atoms with Crippen molar-refractivity contribution in [2.24, 2.45) is 4.99 Å². The molecular weight excluding hydrogens is 442 g/mol. The van der Waals surface area contributed by atoms with Crippen molar-refractivity contribution in [2.75, 3.05) is 19.5 Å². The van der Waals surface area contributed by atoms with Crippen LogP contribution in [0.2, 0.25) is 0 Å². The van der Waals surface area contributed by atoms with Crippen molar-refractivity contribution in [3.63, 3.8) is 0 Å². The van der Waals surface area contributed by atoms with Gasteiger partial charge in [0.15, 0.2) is 11.5 Å². The number of esters is 1. The minimum atomic E-state index is -0.524. The highest BCUT2D eigenvalue weighted by atomic mass is 32.1. The van der Waals surface area contributed by atoms with Crippen LogP contribution in [0.3, 0.4) is 0 Å². The van der Waals surface area contributed by atoms with Gasteiger partial charge >= 0.3 is 5.97 Å². The van der Waals surface area contributed by atoms with Crippen LogP contribution in [-0.4, -0.2) is 32.4 Å². The summed E-state index contributed by atoms with van der Waals surface area (Å²) in [6.45, 7) is 3.16. The highest BCUT2D eigenvalue weighted by molar-refractivity contribution is 7.13. The van der Waals surface area contributed by atoms with Gasteiger partial charge in [-0.2, -0.15) is 0 Å². The summed E-state index contributed by atoms with van der Waals surface area (Å²) >= 11 is 1.54. The molecular formula is C24H25N3O5S. The first-order valence-electron chi connectivity index (χ1n) is 10.1. The number of nitrogens with one attached hydrogen (secondary N) is 2. The van der Waals surface area contributed by atoms with Gasteiger partial charge < -0.3 is 24.8 Å². The number of rotatable bonds is 9. The van der Waals surface area contributed by atoms with Crippen molar-refractivity contribution in [3.05, 3.63) is 65.0 Å². The van der Waals surface area contributed by atoms with Crippen LogP contribution in [0.1, 0.15) is 35.8 Å². The van der Waals surface area contributed by atoms with Crippen LogP contribution in [0.5, 0.6) is 17.2 Å². The molecule has 1 heterocycles. The van der Waals surface area contributed by atoms with Gasteiger partial charge in [0.25, 0.3) is 5.91 Å². The van der Waals surface area contributed by atoms with E-state index in [0.717, 1.165) is 16.3 Å². The van der Waals surface area contributed by atoms with E-state index in [1.54, 1.807) is 17.7 Å². The van der Waals surface area contributed by atoms with Gasteiger partial charge in [-0.05, 0) is 48.2 Å². The Bertz CT molecular complexity index is 1120. The van der Waals surface area contributed by atoms with E-state index in [9.17, 15) is 9.59 Å². The average molecular weight is 468 g/mol. The van der Waals surface area contributed by atoms with Crippen LogP contribution >= 0.6 is 11.3 Å². The molecule has 0 bridgehead atoms. The van der Waals surface area contributed by atoms with Crippen LogP contribution < -0.4 is 24.8 Å². The Kier molecular flexibility index (Phi) is 8.04. The second-order valence-corrected chi connectivity index (χ2v) is 7.87. The monoisotopic (exact) mass is 467 g/mol. The summed E-state index contributed by atoms with van der Waals surface area (Å²) in [6, 6.07) is 14.2. The molecule has 2 N–H and O–H groups in total. The lowest BCUT2D eigenvalue weighted by Crippen LogP contribution is -2.27. The van der Waals surface area contributed by atoms with Crippen molar-refractivity contribution in [3.8, 4) is 17.2 Å². The number of thiophene rings is 1. The molecule has 1 atom stereocenters. The lowest BCUT2D eigenvalue weighted by Gasteiger charge is -2.19. The highest BCUT2D eigenvalue weighted by Gasteiger charge is 2.21. The number of aliphatic imine (C=N–C) groups is 1. The maximum absolute atomic E-state index is 13.0. The number of nitrogens with zero attached hydrogens (tertiary/aromatic N) is 1. The predicted molar refractivity (Wildman–Crippen MR) is 129 cm³/mol. The number of ether oxygens (including phenoxy) is 3. The normalized spacial score (nSPS) is 11.6. The van der Waals surface area contributed by atoms with Gasteiger partial charge in [0.2, 0.25) is 5.75 Å². The number of methoxy groups -OCH3 is 2. The molecule has 3 aromatic rings. The average Bonchev–Trinajstić information content (AvgIpc) is 3.32. The maximum atomic E-state index is 13.0. The van der Waals surface area contributed by atoms with Gasteiger partial charge in [-0.25, -0.2) is 4.99 Å². The molecule has 172 valence electrons. The Morgan fingerprint density at radius 3 is 2.36 bits per heavy atom. The van der Waals surface area contributed by atoms with Crippen LogP contribution in [-0.2, 0) is 4.79 Å². The van der Waals surface area contributed by atoms with Gasteiger partial charge in [0.1, 0.15) is 5.00 Å². The van der Waals surface area contributed by atoms with E-state index in [0.29, 0.717) is 5.56 Å². The summed E-state index contributed by atoms with van der Waals surface area (Å²) in [6.07, 6.45) is 1.63. The summed E-state index contributed by atoms with van der Waals surface area (Å²) in [5.41, 5.74) is 2.01. The second kappa shape index (κ2) is 11.1. The molecule has 0 aliphatic heterocycles. The van der Waals surface area contributed by atoms with Crippen LogP contribution in [0.4, 0.5) is 10.7 Å². The fourth-order valence-electron chi connectivity index (χ4n) is 3.13. The lowest BCUT2D eigenvalue weighted by atomic mass is 10.1. The molecule has 0 saturated carbocycles. The van der Waals surface area contributed by atoms with Crippen LogP contribution in [0.25, 0.3) is 0 Å². The number of amides is 1. The minimum Gasteiger partial charge on any atom is -0.493 e. The first-order chi connectivity index (χ1) is 15.9. The van der Waals surface area contributed by atoms with Gasteiger partial charge in [-0.15, -0.1) is 11.3 Å². The fourth-order valence-corrected chi connectivity index (χ4v) is 3.70. The van der Waals surface area contributed by atoms with Gasteiger partial charge in [-0.3, -0.25) is 9.59 Å². The van der Waals surface area contributed by atoms with E-state index in [2.05, 4.69) is 15.6 Å². The maximum Gasteiger partial charge on any atom is 0.308 e. The standard InChI is InChI=1S/C24H25N3O5S/c1-15(18-8-5-6-9-19(18)25-14-26-22-10-7-11-33-22)27-24(29)17-12-20(30-3)23(32-16(2)28)21(13-17)31-4/h5-15H,1-4H3,(H,25,26)(H,27,29). The Morgan fingerprint density at radius 1 is 1.06 bits per heavy atom. The van der Waals surface area contributed by atoms with Gasteiger partial charge in [0, 0.05) is 18.2 Å². The first kappa shape index (κ1) is 23.8. The fraction of sp³-hybridized carbons (Fsp3) is 0.208. The summed E-state index contributed by atoms with van der Waals surface area (Å²) in [5, 5.41) is 9.01. The molecule has 0 fully saturated rings. The molecule has 8 nitrogen and oxygen atoms in total. The van der Waals surface area contributed by atoms with E-state index in [1.165, 1.54) is 33.3 Å². The third kappa shape index (κ3) is 6.11. The number of hydrogen-bond acceptors (Lipinski definition) is 7. The molecule has 0 aliphatic rings. The van der Waals surface area contributed by atoms with Crippen molar-refractivity contribution < 1.29 is 23.8 Å². The first-order valence-corrected chi connectivity index (χ1v) is 11.0. The van der Waals surface area contributed by atoms with Crippen molar-refractivity contribution in [2.45, 2.75) is 19.9 Å². The molecule has 0 saturated heterocycles. The smallest absolute Gasteiger partial charge is 0.308 e. The third-order valence-corrected chi connectivity index (χ3v) is 5.44. The van der Waals surface area contributed by atoms with Gasteiger partial charge in [0.05, 0.1) is 26.6 Å². The Balaban J connectivity index is 1.79. The lowest BCUT2D eigenvalue weighted by molar-refractivity contribution is -0.132. The molecule has 3 rings (SSSR count). The summed E-state index contributed by atoms with van der Waals surface area (Å²) in [4.78, 5) is 28.8. The number of carbonyl (C=O) groups excluding carboxylic acids is 2. The molecule has 0 aliphatic carbocycles. The molecule has 1 aromatic heterocycles. The summed E-state index contributed by atoms with van der Waals surface area (Å²) in [5.74, 6) is -0.306. The van der Waals surface area contributed by atoms with Crippen molar-refractivity contribution >= 4 is 40.2 Å². The molecule has 2 aromatic carbocycles. The molecule has 33 heavy (non-hydrogen) atoms. The van der Waals surface area contributed by atoms with Gasteiger partial charge in [-0.1, -0.05) is 18.2 Å². The molecule has 1 amide bonds. The zero-order chi connectivity index (χ0) is 23.8. The van der Waals surface area contributed by atoms with Crippen molar-refractivity contribution in [1.82, 2.24) is 5.32 Å². The zero-order valence-electron chi connectivity index (χ0n) is 18.7. The number of hydrogen-bond donors (Lipinski definition) is 2.